The van der Waals surface area contributed by atoms with Crippen LogP contribution in [0.15, 0.2) is 43.1 Å². The van der Waals surface area contributed by atoms with Gasteiger partial charge in [0.05, 0.1) is 38.5 Å². The second-order valence-corrected chi connectivity index (χ2v) is 12.0. The summed E-state index contributed by atoms with van der Waals surface area (Å²) >= 11 is 13.2. The highest BCUT2D eigenvalue weighted by Crippen LogP contribution is 2.48. The van der Waals surface area contributed by atoms with E-state index in [1.165, 1.54) is 36.5 Å². The minimum absolute atomic E-state index is 0.118. The maximum atomic E-state index is 13.7. The highest BCUT2D eigenvalue weighted by molar-refractivity contribution is 6.42. The monoisotopic (exact) mass is 652 g/mol. The van der Waals surface area contributed by atoms with Crippen molar-refractivity contribution in [3.63, 3.8) is 0 Å². The molecule has 3 aromatic rings. The molecule has 2 fully saturated rings. The summed E-state index contributed by atoms with van der Waals surface area (Å²) in [6.07, 6.45) is 6.48. The van der Waals surface area contributed by atoms with Gasteiger partial charge in [0.2, 0.25) is 11.9 Å². The lowest BCUT2D eigenvalue weighted by Gasteiger charge is -2.35. The van der Waals surface area contributed by atoms with Gasteiger partial charge in [0, 0.05) is 49.6 Å². The predicted octanol–water partition coefficient (Wildman–Crippen LogP) is 5.01. The first-order valence-electron chi connectivity index (χ1n) is 14.6. The zero-order valence-corrected chi connectivity index (χ0v) is 26.7. The fourth-order valence-corrected chi connectivity index (χ4v) is 6.61. The van der Waals surface area contributed by atoms with E-state index < -0.39 is 6.03 Å². The van der Waals surface area contributed by atoms with Crippen LogP contribution in [0.3, 0.4) is 0 Å². The molecule has 12 nitrogen and oxygen atoms in total. The lowest BCUT2D eigenvalue weighted by Crippen LogP contribution is -2.47. The van der Waals surface area contributed by atoms with E-state index in [4.69, 9.17) is 42.6 Å². The van der Waals surface area contributed by atoms with Crippen molar-refractivity contribution in [1.29, 1.82) is 0 Å². The third-order valence-electron chi connectivity index (χ3n) is 8.58. The van der Waals surface area contributed by atoms with E-state index in [1.807, 2.05) is 12.1 Å². The first kappa shape index (κ1) is 30.7. The van der Waals surface area contributed by atoms with E-state index in [2.05, 4.69) is 33.2 Å². The summed E-state index contributed by atoms with van der Waals surface area (Å²) in [6.45, 7) is 4.82. The number of anilines is 4. The largest absolute Gasteiger partial charge is 0.495 e. The van der Waals surface area contributed by atoms with Crippen molar-refractivity contribution in [2.75, 3.05) is 54.4 Å². The fraction of sp³-hybridized carbons (Fsp3) is 0.387. The molecule has 1 saturated heterocycles. The standard InChI is InChI=1S/C31H34Cl2N8O4/c1-5-25(42)36-20-15-40(24-11-7-10-19(35-24)17-8-6-9-17)16-21(20)37-30-34-13-18-14-41(31(43)39(2)29(18)38-30)28-26(32)22(44-3)12-23(45-4)27(28)33/h5,7,10-13,17,20-21H,1,6,8-9,14-16H2,2-4H3,(H,36,42)(H,34,37,38). The van der Waals surface area contributed by atoms with Gasteiger partial charge in [-0.25, -0.2) is 14.8 Å². The Hall–Kier alpha value is -4.29. The number of rotatable bonds is 9. The van der Waals surface area contributed by atoms with E-state index in [0.29, 0.717) is 47.8 Å². The van der Waals surface area contributed by atoms with Gasteiger partial charge in [-0.05, 0) is 31.1 Å². The fourth-order valence-electron chi connectivity index (χ4n) is 5.90. The SMILES string of the molecule is C=CC(=O)NC1CN(c2cccc(C3CCC3)n2)CC1Nc1ncc2c(n1)N(C)C(=O)N(c1c(Cl)c(OC)cc(OC)c1Cl)C2. The van der Waals surface area contributed by atoms with Gasteiger partial charge >= 0.3 is 6.03 Å². The van der Waals surface area contributed by atoms with Gasteiger partial charge in [-0.15, -0.1) is 0 Å². The molecule has 6 rings (SSSR count). The Morgan fingerprint density at radius 1 is 1.09 bits per heavy atom. The Kier molecular flexibility index (Phi) is 8.61. The molecule has 4 heterocycles. The number of amides is 3. The maximum absolute atomic E-state index is 13.7. The van der Waals surface area contributed by atoms with Crippen LogP contribution in [0.25, 0.3) is 0 Å². The number of aromatic nitrogens is 3. The van der Waals surface area contributed by atoms with Crippen LogP contribution in [0.2, 0.25) is 10.0 Å². The number of carbonyl (C=O) groups excluding carboxylic acids is 2. The van der Waals surface area contributed by atoms with Crippen molar-refractivity contribution in [3.8, 4) is 11.5 Å². The van der Waals surface area contributed by atoms with Gasteiger partial charge in [0.25, 0.3) is 0 Å². The Labute approximate surface area is 271 Å². The van der Waals surface area contributed by atoms with Crippen LogP contribution < -0.4 is 34.8 Å². The van der Waals surface area contributed by atoms with Crippen LogP contribution in [0.4, 0.5) is 28.1 Å². The van der Waals surface area contributed by atoms with Gasteiger partial charge in [-0.2, -0.15) is 4.98 Å². The highest BCUT2D eigenvalue weighted by atomic mass is 35.5. The first-order valence-corrected chi connectivity index (χ1v) is 15.4. The summed E-state index contributed by atoms with van der Waals surface area (Å²) in [5, 5.41) is 6.78. The van der Waals surface area contributed by atoms with E-state index in [0.717, 1.165) is 24.4 Å². The molecule has 236 valence electrons. The van der Waals surface area contributed by atoms with Crippen LogP contribution in [-0.2, 0) is 11.3 Å². The quantitative estimate of drug-likeness (QED) is 0.307. The number of hydrogen-bond acceptors (Lipinski definition) is 9. The second-order valence-electron chi connectivity index (χ2n) is 11.3. The third-order valence-corrected chi connectivity index (χ3v) is 9.31. The number of ether oxygens (including phenoxy) is 2. The first-order chi connectivity index (χ1) is 21.7. The molecule has 14 heteroatoms. The highest BCUT2D eigenvalue weighted by Gasteiger charge is 2.37. The van der Waals surface area contributed by atoms with Gasteiger partial charge in [-0.1, -0.05) is 42.3 Å². The van der Waals surface area contributed by atoms with E-state index >= 15 is 0 Å². The number of benzene rings is 1. The van der Waals surface area contributed by atoms with Crippen molar-refractivity contribution in [2.24, 2.45) is 0 Å². The van der Waals surface area contributed by atoms with Crippen LogP contribution in [0.1, 0.15) is 36.4 Å². The number of fused-ring (bicyclic) bond motifs is 1. The molecule has 2 atom stereocenters. The summed E-state index contributed by atoms with van der Waals surface area (Å²) < 4.78 is 10.8. The van der Waals surface area contributed by atoms with E-state index in [1.54, 1.807) is 19.3 Å². The number of nitrogens with one attached hydrogen (secondary N) is 2. The second kappa shape index (κ2) is 12.6. The molecule has 1 aromatic carbocycles. The summed E-state index contributed by atoms with van der Waals surface area (Å²) in [5.74, 6) is 2.50. The number of carbonyl (C=O) groups is 2. The number of methoxy groups -OCH3 is 2. The van der Waals surface area contributed by atoms with Gasteiger partial charge in [0.15, 0.2) is 0 Å². The van der Waals surface area contributed by atoms with Crippen molar-refractivity contribution in [2.45, 2.75) is 43.8 Å². The summed E-state index contributed by atoms with van der Waals surface area (Å²) in [4.78, 5) is 45.2. The average molecular weight is 654 g/mol. The normalized spacial score (nSPS) is 19.6. The maximum Gasteiger partial charge on any atom is 0.330 e. The Morgan fingerprint density at radius 2 is 1.80 bits per heavy atom. The van der Waals surface area contributed by atoms with Gasteiger partial charge < -0.3 is 25.0 Å². The molecule has 3 aliphatic rings. The van der Waals surface area contributed by atoms with Crippen LogP contribution >= 0.6 is 23.2 Å². The molecule has 2 aromatic heterocycles. The van der Waals surface area contributed by atoms with E-state index in [9.17, 15) is 9.59 Å². The molecule has 1 saturated carbocycles. The molecule has 1 aliphatic carbocycles. The van der Waals surface area contributed by atoms with Crippen LogP contribution in [-0.4, -0.2) is 73.3 Å². The average Bonchev–Trinajstić information content (AvgIpc) is 3.41. The molecule has 2 unspecified atom stereocenters. The number of hydrogen-bond donors (Lipinski definition) is 2. The molecule has 45 heavy (non-hydrogen) atoms. The number of urea groups is 1. The summed E-state index contributed by atoms with van der Waals surface area (Å²) in [7, 11) is 4.56. The Bertz CT molecular complexity index is 1620. The molecule has 3 amide bonds. The lowest BCUT2D eigenvalue weighted by atomic mass is 9.83. The van der Waals surface area contributed by atoms with Gasteiger partial charge in [-0.3, -0.25) is 14.6 Å². The zero-order valence-electron chi connectivity index (χ0n) is 25.2. The number of halogens is 2. The van der Waals surface area contributed by atoms with Crippen molar-refractivity contribution < 1.29 is 19.1 Å². The predicted molar refractivity (Wildman–Crippen MR) is 174 cm³/mol. The molecular weight excluding hydrogens is 619 g/mol. The zero-order chi connectivity index (χ0) is 31.8. The summed E-state index contributed by atoms with van der Waals surface area (Å²) in [5.41, 5.74) is 2.05. The summed E-state index contributed by atoms with van der Waals surface area (Å²) in [6, 6.07) is 6.77. The molecule has 2 aliphatic heterocycles. The number of pyridine rings is 1. The molecule has 0 radical (unpaired) electrons. The van der Waals surface area contributed by atoms with Crippen LogP contribution in [0.5, 0.6) is 11.5 Å². The minimum atomic E-state index is -0.396. The Morgan fingerprint density at radius 3 is 2.44 bits per heavy atom. The van der Waals surface area contributed by atoms with Crippen molar-refractivity contribution in [1.82, 2.24) is 20.3 Å². The number of nitrogens with zero attached hydrogens (tertiary/aromatic N) is 6. The van der Waals surface area contributed by atoms with Gasteiger partial charge in [0.1, 0.15) is 33.2 Å². The smallest absolute Gasteiger partial charge is 0.330 e. The van der Waals surface area contributed by atoms with E-state index in [-0.39, 0.29) is 40.3 Å². The molecule has 2 N–H and O–H groups in total. The molecule has 0 bridgehead atoms. The topological polar surface area (TPSA) is 125 Å². The lowest BCUT2D eigenvalue weighted by molar-refractivity contribution is -0.117. The minimum Gasteiger partial charge on any atom is -0.495 e. The van der Waals surface area contributed by atoms with Crippen LogP contribution in [0, 0.1) is 0 Å². The van der Waals surface area contributed by atoms with Crippen molar-refractivity contribution >= 4 is 58.4 Å². The molecular formula is C31H34Cl2N8O4. The molecule has 0 spiro atoms. The van der Waals surface area contributed by atoms with Crippen molar-refractivity contribution in [3.05, 3.63) is 64.4 Å². The Balaban J connectivity index is 1.25. The third kappa shape index (κ3) is 5.80.